The summed E-state index contributed by atoms with van der Waals surface area (Å²) < 4.78 is 12.8. The molecule has 0 spiro atoms. The molecule has 146 valence electrons. The van der Waals surface area contributed by atoms with E-state index >= 15 is 0 Å². The lowest BCUT2D eigenvalue weighted by atomic mass is 10.2. The largest absolute Gasteiger partial charge is 0.493 e. The van der Waals surface area contributed by atoms with Gasteiger partial charge in [-0.1, -0.05) is 17.7 Å². The van der Waals surface area contributed by atoms with Crippen LogP contribution in [-0.4, -0.2) is 35.4 Å². The number of hydrogen-bond donors (Lipinski definition) is 1. The zero-order valence-corrected chi connectivity index (χ0v) is 17.3. The van der Waals surface area contributed by atoms with Gasteiger partial charge in [0, 0.05) is 28.0 Å². The van der Waals surface area contributed by atoms with Crippen LogP contribution in [0.4, 0.5) is 11.4 Å². The van der Waals surface area contributed by atoms with Crippen molar-refractivity contribution in [3.8, 4) is 17.4 Å². The minimum atomic E-state index is 0.0950. The van der Waals surface area contributed by atoms with E-state index in [1.54, 1.807) is 20.3 Å². The minimum absolute atomic E-state index is 0.0950. The van der Waals surface area contributed by atoms with Crippen LogP contribution in [0, 0.1) is 6.92 Å². The highest BCUT2D eigenvalue weighted by Crippen LogP contribution is 2.48. The SMILES string of the molecule is COc1cc2c(N=Nc3ccc(C)c(Cl)c3)c(O)n(C3CSC3)c2cc1OC. The van der Waals surface area contributed by atoms with Crippen LogP contribution < -0.4 is 9.47 Å². The molecule has 0 amide bonds. The number of rotatable bonds is 5. The molecule has 0 unspecified atom stereocenters. The van der Waals surface area contributed by atoms with E-state index < -0.39 is 0 Å². The van der Waals surface area contributed by atoms with E-state index in [9.17, 15) is 5.11 Å². The van der Waals surface area contributed by atoms with Crippen LogP contribution in [0.25, 0.3) is 10.9 Å². The Morgan fingerprint density at radius 3 is 2.43 bits per heavy atom. The second kappa shape index (κ2) is 7.56. The summed E-state index contributed by atoms with van der Waals surface area (Å²) in [5.74, 6) is 3.16. The van der Waals surface area contributed by atoms with Gasteiger partial charge >= 0.3 is 0 Å². The van der Waals surface area contributed by atoms with Crippen LogP contribution in [0.1, 0.15) is 11.6 Å². The monoisotopic (exact) mass is 417 g/mol. The summed E-state index contributed by atoms with van der Waals surface area (Å²) in [7, 11) is 3.18. The van der Waals surface area contributed by atoms with Crippen LogP contribution >= 0.6 is 23.4 Å². The number of hydrogen-bond acceptors (Lipinski definition) is 6. The number of benzene rings is 2. The van der Waals surface area contributed by atoms with Crippen molar-refractivity contribution in [2.24, 2.45) is 10.2 Å². The third-order valence-electron chi connectivity index (χ3n) is 4.86. The summed E-state index contributed by atoms with van der Waals surface area (Å²) in [5, 5.41) is 21.0. The molecule has 0 saturated carbocycles. The molecular formula is C20H20ClN3O3S. The molecule has 28 heavy (non-hydrogen) atoms. The third-order valence-corrected chi connectivity index (χ3v) is 6.51. The first kappa shape index (κ1) is 19.0. The number of halogens is 1. The van der Waals surface area contributed by atoms with Crippen LogP contribution in [0.2, 0.25) is 5.02 Å². The molecule has 1 saturated heterocycles. The minimum Gasteiger partial charge on any atom is -0.493 e. The van der Waals surface area contributed by atoms with Crippen molar-refractivity contribution in [3.05, 3.63) is 40.9 Å². The number of methoxy groups -OCH3 is 2. The summed E-state index contributed by atoms with van der Waals surface area (Å²) in [5.41, 5.74) is 2.84. The standard InChI is InChI=1S/C20H20ClN3O3S/c1-11-4-5-12(6-15(11)21)22-23-19-14-7-17(26-2)18(27-3)8-16(14)24(20(19)25)13-9-28-10-13/h4-8,13,25H,9-10H2,1-3H3. The average Bonchev–Trinajstić information content (AvgIpc) is 2.91. The predicted molar refractivity (Wildman–Crippen MR) is 113 cm³/mol. The number of aryl methyl sites for hydroxylation is 1. The molecular weight excluding hydrogens is 398 g/mol. The van der Waals surface area contributed by atoms with Crippen LogP contribution in [0.5, 0.6) is 17.4 Å². The number of thioether (sulfide) groups is 1. The van der Waals surface area contributed by atoms with Gasteiger partial charge in [-0.3, -0.25) is 0 Å². The molecule has 0 radical (unpaired) electrons. The first-order valence-electron chi connectivity index (χ1n) is 8.78. The highest BCUT2D eigenvalue weighted by Gasteiger charge is 2.28. The number of ether oxygens (including phenoxy) is 2. The van der Waals surface area contributed by atoms with Gasteiger partial charge in [-0.15, -0.1) is 5.11 Å². The van der Waals surface area contributed by atoms with Crippen molar-refractivity contribution in [2.45, 2.75) is 13.0 Å². The van der Waals surface area contributed by atoms with Crippen LogP contribution in [-0.2, 0) is 0 Å². The number of aromatic hydroxyl groups is 1. The second-order valence-electron chi connectivity index (χ2n) is 6.59. The van der Waals surface area contributed by atoms with Gasteiger partial charge in [0.25, 0.3) is 0 Å². The molecule has 1 aromatic heterocycles. The molecule has 6 nitrogen and oxygen atoms in total. The Morgan fingerprint density at radius 2 is 1.82 bits per heavy atom. The zero-order valence-electron chi connectivity index (χ0n) is 15.8. The van der Waals surface area contributed by atoms with Crippen molar-refractivity contribution in [1.82, 2.24) is 4.57 Å². The van der Waals surface area contributed by atoms with Crippen molar-refractivity contribution in [3.63, 3.8) is 0 Å². The van der Waals surface area contributed by atoms with Gasteiger partial charge in [0.1, 0.15) is 0 Å². The molecule has 0 bridgehead atoms. The molecule has 3 aromatic rings. The van der Waals surface area contributed by atoms with Crippen molar-refractivity contribution in [1.29, 1.82) is 0 Å². The first-order chi connectivity index (χ1) is 13.5. The fourth-order valence-corrected chi connectivity index (χ4v) is 4.12. The first-order valence-corrected chi connectivity index (χ1v) is 10.3. The number of nitrogens with zero attached hydrogens (tertiary/aromatic N) is 3. The highest BCUT2D eigenvalue weighted by molar-refractivity contribution is 8.00. The lowest BCUT2D eigenvalue weighted by Gasteiger charge is -2.28. The topological polar surface area (TPSA) is 68.3 Å². The maximum atomic E-state index is 10.9. The number of fused-ring (bicyclic) bond motifs is 1. The Labute approximate surface area is 172 Å². The summed E-state index contributed by atoms with van der Waals surface area (Å²) in [6.45, 7) is 1.93. The Morgan fingerprint density at radius 1 is 1.11 bits per heavy atom. The van der Waals surface area contributed by atoms with Crippen LogP contribution in [0.3, 0.4) is 0 Å². The smallest absolute Gasteiger partial charge is 0.221 e. The van der Waals surface area contributed by atoms with Gasteiger partial charge in [-0.25, -0.2) is 0 Å². The molecule has 2 aromatic carbocycles. The maximum absolute atomic E-state index is 10.9. The third kappa shape index (κ3) is 3.18. The molecule has 1 fully saturated rings. The van der Waals surface area contributed by atoms with E-state index in [-0.39, 0.29) is 11.9 Å². The van der Waals surface area contributed by atoms with E-state index in [4.69, 9.17) is 21.1 Å². The van der Waals surface area contributed by atoms with Crippen molar-refractivity contribution < 1.29 is 14.6 Å². The average molecular weight is 418 g/mol. The number of azo groups is 1. The Hall–Kier alpha value is -2.38. The van der Waals surface area contributed by atoms with E-state index in [1.807, 2.05) is 47.5 Å². The molecule has 2 heterocycles. The Bertz CT molecular complexity index is 1080. The van der Waals surface area contributed by atoms with Gasteiger partial charge in [0.15, 0.2) is 17.2 Å². The summed E-state index contributed by atoms with van der Waals surface area (Å²) in [6, 6.07) is 9.39. The van der Waals surface area contributed by atoms with Gasteiger partial charge in [-0.2, -0.15) is 16.9 Å². The van der Waals surface area contributed by atoms with E-state index in [0.717, 1.165) is 28.0 Å². The van der Waals surface area contributed by atoms with Crippen molar-refractivity contribution >= 4 is 45.6 Å². The Balaban J connectivity index is 1.87. The van der Waals surface area contributed by atoms with Gasteiger partial charge < -0.3 is 19.1 Å². The molecule has 1 N–H and O–H groups in total. The molecule has 8 heteroatoms. The van der Waals surface area contributed by atoms with E-state index in [1.165, 1.54) is 0 Å². The molecule has 0 atom stereocenters. The molecule has 0 aliphatic carbocycles. The fraction of sp³-hybridized carbons (Fsp3) is 0.300. The van der Waals surface area contributed by atoms with Crippen molar-refractivity contribution in [2.75, 3.05) is 25.7 Å². The molecule has 4 rings (SSSR count). The van der Waals surface area contributed by atoms with Gasteiger partial charge in [0.2, 0.25) is 5.88 Å². The quantitative estimate of drug-likeness (QED) is 0.514. The van der Waals surface area contributed by atoms with Gasteiger partial charge in [-0.05, 0) is 30.7 Å². The van der Waals surface area contributed by atoms with E-state index in [0.29, 0.717) is 27.9 Å². The van der Waals surface area contributed by atoms with Gasteiger partial charge in [0.05, 0.1) is 31.5 Å². The van der Waals surface area contributed by atoms with Crippen LogP contribution in [0.15, 0.2) is 40.6 Å². The van der Waals surface area contributed by atoms with E-state index in [2.05, 4.69) is 10.2 Å². The fourth-order valence-electron chi connectivity index (χ4n) is 3.20. The lowest BCUT2D eigenvalue weighted by molar-refractivity contribution is 0.355. The normalized spacial score (nSPS) is 14.6. The number of aromatic nitrogens is 1. The summed E-state index contributed by atoms with van der Waals surface area (Å²) in [4.78, 5) is 0. The summed E-state index contributed by atoms with van der Waals surface area (Å²) >= 11 is 8.02. The molecule has 1 aliphatic heterocycles. The highest BCUT2D eigenvalue weighted by atomic mass is 35.5. The second-order valence-corrected chi connectivity index (χ2v) is 8.07. The maximum Gasteiger partial charge on any atom is 0.221 e. The molecule has 1 aliphatic rings. The summed E-state index contributed by atoms with van der Waals surface area (Å²) in [6.07, 6.45) is 0. The predicted octanol–water partition coefficient (Wildman–Crippen LogP) is 6.03. The Kier molecular flexibility index (Phi) is 5.12. The zero-order chi connectivity index (χ0) is 19.8. The lowest BCUT2D eigenvalue weighted by Crippen LogP contribution is -2.22.